The maximum Gasteiger partial charge on any atom is 0.189 e. The third-order valence-electron chi connectivity index (χ3n) is 4.35. The molecule has 3 N–H and O–H groups in total. The van der Waals surface area contributed by atoms with Gasteiger partial charge in [0.15, 0.2) is 22.2 Å². The quantitative estimate of drug-likeness (QED) is 0.393. The van der Waals surface area contributed by atoms with Crippen LogP contribution in [0.25, 0.3) is 16.7 Å². The highest BCUT2D eigenvalue weighted by atomic mass is 32.1. The summed E-state index contributed by atoms with van der Waals surface area (Å²) in [5.74, 6) is 1.33. The monoisotopic (exact) mass is 395 g/mol. The highest BCUT2D eigenvalue weighted by molar-refractivity contribution is 7.80. The van der Waals surface area contributed by atoms with E-state index in [1.165, 1.54) is 5.56 Å². The van der Waals surface area contributed by atoms with Crippen molar-refractivity contribution in [1.29, 1.82) is 0 Å². The molecule has 0 spiro atoms. The highest BCUT2D eigenvalue weighted by Crippen LogP contribution is 2.30. The molecule has 146 valence electrons. The van der Waals surface area contributed by atoms with Crippen LogP contribution < -0.4 is 20.9 Å². The Morgan fingerprint density at radius 3 is 2.50 bits per heavy atom. The van der Waals surface area contributed by atoms with Gasteiger partial charge < -0.3 is 14.5 Å². The van der Waals surface area contributed by atoms with Crippen LogP contribution in [0.15, 0.2) is 47.4 Å². The van der Waals surface area contributed by atoms with Crippen molar-refractivity contribution in [2.24, 2.45) is 0 Å². The molecule has 28 heavy (non-hydrogen) atoms. The van der Waals surface area contributed by atoms with Crippen molar-refractivity contribution in [1.82, 2.24) is 10.9 Å². The molecule has 5 nitrogen and oxygen atoms in total. The van der Waals surface area contributed by atoms with Gasteiger partial charge in [-0.3, -0.25) is 10.9 Å². The van der Waals surface area contributed by atoms with Gasteiger partial charge in [0.1, 0.15) is 0 Å². The third kappa shape index (κ3) is 4.28. The van der Waals surface area contributed by atoms with Crippen LogP contribution in [0.2, 0.25) is 0 Å². The third-order valence-corrected chi connectivity index (χ3v) is 4.55. The number of para-hydroxylation sites is 1. The first-order valence-corrected chi connectivity index (χ1v) is 9.55. The maximum absolute atomic E-state index is 5.92. The van der Waals surface area contributed by atoms with Gasteiger partial charge in [-0.1, -0.05) is 36.4 Å². The molecule has 2 aromatic carbocycles. The molecule has 0 saturated heterocycles. The van der Waals surface area contributed by atoms with Gasteiger partial charge in [0, 0.05) is 11.1 Å². The fourth-order valence-electron chi connectivity index (χ4n) is 3.17. The predicted octanol–water partition coefficient (Wildman–Crippen LogP) is 5.22. The number of benzene rings is 2. The summed E-state index contributed by atoms with van der Waals surface area (Å²) in [5.41, 5.74) is 11.7. The van der Waals surface area contributed by atoms with Crippen molar-refractivity contribution in [3.63, 3.8) is 0 Å². The van der Waals surface area contributed by atoms with E-state index in [0.717, 1.165) is 28.0 Å². The molecule has 0 bridgehead atoms. The highest BCUT2D eigenvalue weighted by Gasteiger charge is 2.12. The van der Waals surface area contributed by atoms with E-state index in [1.807, 2.05) is 31.2 Å². The Labute approximate surface area is 170 Å². The first-order valence-electron chi connectivity index (χ1n) is 9.14. The zero-order valence-corrected chi connectivity index (χ0v) is 17.4. The normalized spacial score (nSPS) is 10.6. The number of nitrogens with one attached hydrogen (secondary N) is 3. The van der Waals surface area contributed by atoms with Crippen LogP contribution in [0.5, 0.6) is 5.75 Å². The molecule has 1 aromatic heterocycles. The summed E-state index contributed by atoms with van der Waals surface area (Å²) in [4.78, 5) is 0. The number of fused-ring (bicyclic) bond motifs is 1. The number of ether oxygens (including phenoxy) is 1. The molecule has 0 aliphatic carbocycles. The zero-order valence-electron chi connectivity index (χ0n) is 16.6. The second-order valence-corrected chi connectivity index (χ2v) is 7.08. The number of hydrazine groups is 1. The van der Waals surface area contributed by atoms with Crippen LogP contribution >= 0.6 is 12.2 Å². The van der Waals surface area contributed by atoms with Crippen LogP contribution in [0.3, 0.4) is 0 Å². The number of furan rings is 1. The van der Waals surface area contributed by atoms with Crippen LogP contribution in [-0.2, 0) is 0 Å². The Kier molecular flexibility index (Phi) is 5.90. The Hall–Kier alpha value is -2.99. The van der Waals surface area contributed by atoms with Crippen molar-refractivity contribution in [3.05, 3.63) is 65.4 Å². The lowest BCUT2D eigenvalue weighted by Crippen LogP contribution is -2.39. The molecule has 0 amide bonds. The summed E-state index contributed by atoms with van der Waals surface area (Å²) >= 11 is 5.40. The SMILES string of the molecule is C=C(NNC(=S)Nc1c(C)cc(C)cc1C)c1cc2cccc(OCC)c2o1. The molecule has 0 radical (unpaired) electrons. The second-order valence-electron chi connectivity index (χ2n) is 6.67. The lowest BCUT2D eigenvalue weighted by molar-refractivity contribution is 0.338. The molecule has 0 unspecified atom stereocenters. The van der Waals surface area contributed by atoms with Gasteiger partial charge in [-0.25, -0.2) is 0 Å². The summed E-state index contributed by atoms with van der Waals surface area (Å²) in [6, 6.07) is 12.0. The van der Waals surface area contributed by atoms with Crippen molar-refractivity contribution in [2.75, 3.05) is 11.9 Å². The molecule has 0 fully saturated rings. The summed E-state index contributed by atoms with van der Waals surface area (Å²) in [5, 5.41) is 4.63. The number of hydrogen-bond acceptors (Lipinski definition) is 4. The number of rotatable bonds is 6. The minimum absolute atomic E-state index is 0.447. The second kappa shape index (κ2) is 8.35. The van der Waals surface area contributed by atoms with Gasteiger partial charge in [0.25, 0.3) is 0 Å². The Bertz CT molecular complexity index is 1020. The minimum atomic E-state index is 0.447. The Morgan fingerprint density at radius 2 is 1.82 bits per heavy atom. The predicted molar refractivity (Wildman–Crippen MR) is 120 cm³/mol. The van der Waals surface area contributed by atoms with Gasteiger partial charge in [-0.2, -0.15) is 0 Å². The van der Waals surface area contributed by atoms with Crippen LogP contribution in [-0.4, -0.2) is 11.7 Å². The molecular formula is C22H25N3O2S. The molecule has 1 heterocycles. The Balaban J connectivity index is 1.66. The summed E-state index contributed by atoms with van der Waals surface area (Å²) < 4.78 is 11.5. The van der Waals surface area contributed by atoms with Crippen LogP contribution in [0.4, 0.5) is 5.69 Å². The van der Waals surface area contributed by atoms with Gasteiger partial charge in [0.2, 0.25) is 0 Å². The van der Waals surface area contributed by atoms with E-state index < -0.39 is 0 Å². The lowest BCUT2D eigenvalue weighted by Gasteiger charge is -2.16. The Morgan fingerprint density at radius 1 is 1.11 bits per heavy atom. The fourth-order valence-corrected chi connectivity index (χ4v) is 3.32. The van der Waals surface area contributed by atoms with Gasteiger partial charge >= 0.3 is 0 Å². The number of hydrogen-bond donors (Lipinski definition) is 3. The average Bonchev–Trinajstić information content (AvgIpc) is 3.08. The van der Waals surface area contributed by atoms with E-state index in [1.54, 1.807) is 0 Å². The van der Waals surface area contributed by atoms with Crippen molar-refractivity contribution in [2.45, 2.75) is 27.7 Å². The van der Waals surface area contributed by atoms with E-state index in [0.29, 0.717) is 28.8 Å². The molecule has 0 aliphatic heterocycles. The van der Waals surface area contributed by atoms with E-state index in [9.17, 15) is 0 Å². The number of thiocarbonyl (C=S) groups is 1. The topological polar surface area (TPSA) is 58.5 Å². The molecule has 0 aliphatic rings. The van der Waals surface area contributed by atoms with Gasteiger partial charge in [0.05, 0.1) is 12.3 Å². The maximum atomic E-state index is 5.92. The first kappa shape index (κ1) is 19.8. The van der Waals surface area contributed by atoms with Crippen LogP contribution in [0.1, 0.15) is 29.4 Å². The first-order chi connectivity index (χ1) is 13.4. The molecule has 0 atom stereocenters. The van der Waals surface area contributed by atoms with Crippen molar-refractivity contribution >= 4 is 39.7 Å². The van der Waals surface area contributed by atoms with E-state index in [2.05, 4.69) is 55.7 Å². The molecular weight excluding hydrogens is 370 g/mol. The molecule has 6 heteroatoms. The van der Waals surface area contributed by atoms with Crippen molar-refractivity contribution in [3.8, 4) is 5.75 Å². The van der Waals surface area contributed by atoms with Crippen molar-refractivity contribution < 1.29 is 9.15 Å². The summed E-state index contributed by atoms with van der Waals surface area (Å²) in [7, 11) is 0. The van der Waals surface area contributed by atoms with E-state index in [4.69, 9.17) is 21.4 Å². The molecule has 3 aromatic rings. The zero-order chi connectivity index (χ0) is 20.3. The minimum Gasteiger partial charge on any atom is -0.490 e. The molecule has 3 rings (SSSR count). The smallest absolute Gasteiger partial charge is 0.189 e. The largest absolute Gasteiger partial charge is 0.490 e. The van der Waals surface area contributed by atoms with Gasteiger partial charge in [-0.05, 0) is 63.2 Å². The van der Waals surface area contributed by atoms with E-state index in [-0.39, 0.29) is 0 Å². The average molecular weight is 396 g/mol. The molecule has 0 saturated carbocycles. The fraction of sp³-hybridized carbons (Fsp3) is 0.227. The van der Waals surface area contributed by atoms with E-state index >= 15 is 0 Å². The standard InChI is InChI=1S/C22H25N3O2S/c1-6-26-18-9-7-8-17-12-19(27-21(17)18)16(5)24-25-22(28)23-20-14(3)10-13(2)11-15(20)4/h7-12,24H,5-6H2,1-4H3,(H2,23,25,28). The van der Waals surface area contributed by atoms with Gasteiger partial charge in [-0.15, -0.1) is 0 Å². The number of anilines is 1. The summed E-state index contributed by atoms with van der Waals surface area (Å²) in [6.45, 7) is 12.7. The lowest BCUT2D eigenvalue weighted by atomic mass is 10.1. The summed E-state index contributed by atoms with van der Waals surface area (Å²) in [6.07, 6.45) is 0. The number of aryl methyl sites for hydroxylation is 3. The van der Waals surface area contributed by atoms with Crippen LogP contribution in [0, 0.1) is 20.8 Å².